The molecule has 7 nitrogen and oxygen atoms in total. The molecule has 0 amide bonds. The third kappa shape index (κ3) is 3.62. The first-order valence-electron chi connectivity index (χ1n) is 9.11. The number of hydrogen-bond donors (Lipinski definition) is 3. The minimum atomic E-state index is -3.94. The van der Waals surface area contributed by atoms with E-state index >= 15 is 4.39 Å². The maximum Gasteiger partial charge on any atom is 0.238 e. The fourth-order valence-electron chi connectivity index (χ4n) is 3.33. The number of aliphatic hydroxyl groups excluding tert-OH is 1. The van der Waals surface area contributed by atoms with Crippen LogP contribution in [0.2, 0.25) is 0 Å². The molecule has 0 bridgehead atoms. The predicted octanol–water partition coefficient (Wildman–Crippen LogP) is 4.42. The smallest absolute Gasteiger partial charge is 0.238 e. The molecule has 0 aliphatic heterocycles. The monoisotopic (exact) mass is 549 g/mol. The summed E-state index contributed by atoms with van der Waals surface area (Å²) >= 11 is 1.94. The largest absolute Gasteiger partial charge is 0.396 e. The molecular weight excluding hydrogens is 531 g/mol. The van der Waals surface area contributed by atoms with Gasteiger partial charge >= 0.3 is 0 Å². The number of aromatic nitrogens is 1. The van der Waals surface area contributed by atoms with E-state index < -0.39 is 26.4 Å². The molecule has 0 atom stereocenters. The van der Waals surface area contributed by atoms with Gasteiger partial charge in [0, 0.05) is 15.6 Å². The second kappa shape index (κ2) is 7.61. The molecule has 0 saturated heterocycles. The third-order valence-electron chi connectivity index (χ3n) is 5.27. The lowest BCUT2D eigenvalue weighted by Crippen LogP contribution is -2.31. The van der Waals surface area contributed by atoms with Gasteiger partial charge < -0.3 is 14.9 Å². The van der Waals surface area contributed by atoms with Crippen LogP contribution in [0.5, 0.6) is 0 Å². The van der Waals surface area contributed by atoms with Gasteiger partial charge in [-0.1, -0.05) is 5.16 Å². The summed E-state index contributed by atoms with van der Waals surface area (Å²) in [5, 5.41) is 15.9. The Kier molecular flexibility index (Phi) is 5.39. The summed E-state index contributed by atoms with van der Waals surface area (Å²) in [6.45, 7) is 1.32. The van der Waals surface area contributed by atoms with Crippen LogP contribution in [0.3, 0.4) is 0 Å². The molecule has 1 saturated carbocycles. The second-order valence-electron chi connectivity index (χ2n) is 7.27. The van der Waals surface area contributed by atoms with Crippen LogP contribution in [0, 0.1) is 22.1 Å². The zero-order valence-corrected chi connectivity index (χ0v) is 18.8. The van der Waals surface area contributed by atoms with Gasteiger partial charge in [-0.05, 0) is 73.0 Å². The highest BCUT2D eigenvalue weighted by Crippen LogP contribution is 2.48. The summed E-state index contributed by atoms with van der Waals surface area (Å²) in [4.78, 5) is 0. The highest BCUT2D eigenvalue weighted by molar-refractivity contribution is 14.1. The Morgan fingerprint density at radius 3 is 2.63 bits per heavy atom. The number of aryl methyl sites for hydroxylation is 1. The molecule has 30 heavy (non-hydrogen) atoms. The predicted molar refractivity (Wildman–Crippen MR) is 117 cm³/mol. The van der Waals surface area contributed by atoms with Crippen molar-refractivity contribution in [2.75, 3.05) is 16.6 Å². The number of benzene rings is 2. The van der Waals surface area contributed by atoms with Gasteiger partial charge in [-0.25, -0.2) is 17.2 Å². The summed E-state index contributed by atoms with van der Waals surface area (Å²) in [5.74, 6) is -1.52. The van der Waals surface area contributed by atoms with E-state index in [0.29, 0.717) is 27.5 Å². The van der Waals surface area contributed by atoms with E-state index in [0.717, 1.165) is 0 Å². The fourth-order valence-corrected chi connectivity index (χ4v) is 5.45. The first kappa shape index (κ1) is 21.2. The number of anilines is 3. The molecule has 3 aromatic rings. The summed E-state index contributed by atoms with van der Waals surface area (Å²) in [6.07, 6.45) is 0.872. The highest BCUT2D eigenvalue weighted by Gasteiger charge is 2.54. The lowest BCUT2D eigenvalue weighted by molar-refractivity contribution is 0.283. The zero-order chi connectivity index (χ0) is 21.7. The molecule has 0 spiro atoms. The van der Waals surface area contributed by atoms with Crippen molar-refractivity contribution in [2.45, 2.75) is 30.9 Å². The average Bonchev–Trinajstić information content (AvgIpc) is 3.38. The second-order valence-corrected chi connectivity index (χ2v) is 10.6. The number of halogens is 3. The Bertz CT molecular complexity index is 1240. The quantitative estimate of drug-likeness (QED) is 0.377. The Morgan fingerprint density at radius 2 is 2.00 bits per heavy atom. The number of nitrogens with one attached hydrogen (secondary N) is 2. The molecule has 160 valence electrons. The molecule has 0 unspecified atom stereocenters. The van der Waals surface area contributed by atoms with Crippen LogP contribution in [0.15, 0.2) is 28.8 Å². The van der Waals surface area contributed by atoms with Crippen molar-refractivity contribution in [1.82, 2.24) is 5.16 Å². The van der Waals surface area contributed by atoms with Crippen molar-refractivity contribution in [3.63, 3.8) is 0 Å². The number of nitrogens with zero attached hydrogens (tertiary/aromatic N) is 1. The van der Waals surface area contributed by atoms with Gasteiger partial charge in [0.2, 0.25) is 15.6 Å². The van der Waals surface area contributed by atoms with Gasteiger partial charge in [0.05, 0.1) is 21.8 Å². The van der Waals surface area contributed by atoms with Crippen molar-refractivity contribution in [3.05, 3.63) is 45.2 Å². The maximum atomic E-state index is 15.3. The molecule has 1 aromatic heterocycles. The van der Waals surface area contributed by atoms with E-state index in [9.17, 15) is 17.9 Å². The van der Waals surface area contributed by atoms with Crippen LogP contribution in [0.4, 0.5) is 25.8 Å². The fraction of sp³-hybridized carbons (Fsp3) is 0.316. The van der Waals surface area contributed by atoms with Crippen molar-refractivity contribution in [3.8, 4) is 0 Å². The topological polar surface area (TPSA) is 104 Å². The van der Waals surface area contributed by atoms with E-state index in [-0.39, 0.29) is 35.7 Å². The summed E-state index contributed by atoms with van der Waals surface area (Å²) < 4.78 is 62.6. The van der Waals surface area contributed by atoms with Gasteiger partial charge in [-0.3, -0.25) is 4.72 Å². The zero-order valence-electron chi connectivity index (χ0n) is 15.8. The molecular formula is C19H18F2IN3O4S. The van der Waals surface area contributed by atoms with Crippen LogP contribution < -0.4 is 10.0 Å². The van der Waals surface area contributed by atoms with Crippen LogP contribution in [-0.4, -0.2) is 30.0 Å². The first-order valence-corrected chi connectivity index (χ1v) is 11.7. The lowest BCUT2D eigenvalue weighted by Gasteiger charge is -2.20. The van der Waals surface area contributed by atoms with Crippen LogP contribution in [0.25, 0.3) is 11.0 Å². The Morgan fingerprint density at radius 1 is 1.27 bits per heavy atom. The molecule has 4 rings (SSSR count). The summed E-state index contributed by atoms with van der Waals surface area (Å²) in [7, 11) is -3.94. The van der Waals surface area contributed by atoms with Gasteiger partial charge in [0.1, 0.15) is 11.5 Å². The average molecular weight is 549 g/mol. The molecule has 1 heterocycles. The minimum absolute atomic E-state index is 0.0261. The third-order valence-corrected chi connectivity index (χ3v) is 8.18. The lowest BCUT2D eigenvalue weighted by atomic mass is 10.1. The van der Waals surface area contributed by atoms with E-state index in [1.807, 2.05) is 22.6 Å². The van der Waals surface area contributed by atoms with Crippen molar-refractivity contribution in [2.24, 2.45) is 0 Å². The van der Waals surface area contributed by atoms with Crippen LogP contribution >= 0.6 is 22.6 Å². The Labute approximate surface area is 185 Å². The molecule has 0 radical (unpaired) electrons. The van der Waals surface area contributed by atoms with Crippen LogP contribution in [0.1, 0.15) is 25.0 Å². The van der Waals surface area contributed by atoms with Crippen molar-refractivity contribution >= 4 is 60.6 Å². The number of rotatable bonds is 7. The number of sulfonamides is 1. The number of fused-ring (bicyclic) bond motifs is 1. The summed E-state index contributed by atoms with van der Waals surface area (Å²) in [5.41, 5.74) is -0.175. The highest BCUT2D eigenvalue weighted by atomic mass is 127. The van der Waals surface area contributed by atoms with E-state index in [4.69, 9.17) is 4.52 Å². The molecule has 1 aliphatic carbocycles. The molecule has 1 fully saturated rings. The number of hydrogen-bond acceptors (Lipinski definition) is 6. The molecule has 2 aromatic carbocycles. The maximum absolute atomic E-state index is 15.3. The normalized spacial score (nSPS) is 15.4. The van der Waals surface area contributed by atoms with E-state index in [1.165, 1.54) is 18.2 Å². The van der Waals surface area contributed by atoms with E-state index in [1.54, 1.807) is 13.0 Å². The van der Waals surface area contributed by atoms with E-state index in [2.05, 4.69) is 15.2 Å². The van der Waals surface area contributed by atoms with Gasteiger partial charge in [0.25, 0.3) is 0 Å². The van der Waals surface area contributed by atoms with Crippen LogP contribution in [-0.2, 0) is 10.0 Å². The van der Waals surface area contributed by atoms with Gasteiger partial charge in [-0.2, -0.15) is 0 Å². The SMILES string of the molecule is Cc1noc2c(F)c(Nc3ccc(I)cc3F)c(NS(=O)(=O)C3(CCO)CC3)cc12. The van der Waals surface area contributed by atoms with Gasteiger partial charge in [-0.15, -0.1) is 0 Å². The molecule has 1 aliphatic rings. The number of aliphatic hydroxyl groups is 1. The Balaban J connectivity index is 1.83. The minimum Gasteiger partial charge on any atom is -0.396 e. The Hall–Kier alpha value is -1.99. The standard InChI is InChI=1S/C19H18F2IN3O4S/c1-10-12-9-15(25-30(27,28)19(4-5-19)6-7-26)17(16(21)18(12)29-24-10)23-14-3-2-11(22)8-13(14)20/h2-3,8-9,23,25-26H,4-7H2,1H3. The molecule has 3 N–H and O–H groups in total. The first-order chi connectivity index (χ1) is 14.2. The molecule has 11 heteroatoms. The van der Waals surface area contributed by atoms with Gasteiger partial charge in [0.15, 0.2) is 5.82 Å². The van der Waals surface area contributed by atoms with Crippen molar-refractivity contribution in [1.29, 1.82) is 0 Å². The van der Waals surface area contributed by atoms with Crippen molar-refractivity contribution < 1.29 is 26.8 Å². The summed E-state index contributed by atoms with van der Waals surface area (Å²) in [6, 6.07) is 5.73.